The van der Waals surface area contributed by atoms with Gasteiger partial charge < -0.3 is 18.6 Å². The zero-order valence-electron chi connectivity index (χ0n) is 14.1. The van der Waals surface area contributed by atoms with E-state index in [4.69, 9.17) is 9.15 Å². The fourth-order valence-corrected chi connectivity index (χ4v) is 2.65. The number of hydrogen-bond donors (Lipinski definition) is 0. The van der Waals surface area contributed by atoms with Gasteiger partial charge in [0.25, 0.3) is 5.91 Å². The number of esters is 1. The molecule has 1 aliphatic heterocycles. The molecule has 0 radical (unpaired) electrons. The SMILES string of the molecule is Cc1nnc2n1C[C@H](C(=O)OC(C)(C)C)N(C(=O)c1ccoc1)C2. The van der Waals surface area contributed by atoms with Crippen molar-refractivity contribution in [3.63, 3.8) is 0 Å². The number of furan rings is 1. The Hall–Kier alpha value is -2.64. The predicted molar refractivity (Wildman–Crippen MR) is 83.0 cm³/mol. The Labute approximate surface area is 139 Å². The summed E-state index contributed by atoms with van der Waals surface area (Å²) in [6, 6.07) is 0.827. The van der Waals surface area contributed by atoms with E-state index in [1.807, 2.05) is 11.5 Å². The second kappa shape index (κ2) is 5.77. The average molecular weight is 332 g/mol. The van der Waals surface area contributed by atoms with Gasteiger partial charge in [0.05, 0.1) is 24.9 Å². The van der Waals surface area contributed by atoms with E-state index in [0.29, 0.717) is 17.2 Å². The van der Waals surface area contributed by atoms with Crippen molar-refractivity contribution < 1.29 is 18.7 Å². The molecule has 0 spiro atoms. The molecule has 0 bridgehead atoms. The molecule has 8 heteroatoms. The number of carbonyl (C=O) groups is 2. The smallest absolute Gasteiger partial charge is 0.331 e. The van der Waals surface area contributed by atoms with Gasteiger partial charge in [0.2, 0.25) is 0 Å². The van der Waals surface area contributed by atoms with Crippen LogP contribution in [0.1, 0.15) is 42.8 Å². The lowest BCUT2D eigenvalue weighted by molar-refractivity contribution is -0.162. The van der Waals surface area contributed by atoms with Crippen LogP contribution in [-0.4, -0.2) is 43.2 Å². The normalized spacial score (nSPS) is 17.5. The van der Waals surface area contributed by atoms with Gasteiger partial charge in [0.15, 0.2) is 5.82 Å². The van der Waals surface area contributed by atoms with Crippen molar-refractivity contribution in [2.75, 3.05) is 0 Å². The van der Waals surface area contributed by atoms with E-state index in [2.05, 4.69) is 10.2 Å². The van der Waals surface area contributed by atoms with E-state index in [-0.39, 0.29) is 19.0 Å². The number of carbonyl (C=O) groups excluding carboxylic acids is 2. The first kappa shape index (κ1) is 16.2. The maximum Gasteiger partial charge on any atom is 0.331 e. The molecule has 0 fully saturated rings. The summed E-state index contributed by atoms with van der Waals surface area (Å²) in [7, 11) is 0. The largest absolute Gasteiger partial charge is 0.472 e. The second-order valence-electron chi connectivity index (χ2n) is 6.77. The quantitative estimate of drug-likeness (QED) is 0.775. The van der Waals surface area contributed by atoms with Crippen LogP contribution in [0.2, 0.25) is 0 Å². The summed E-state index contributed by atoms with van der Waals surface area (Å²) in [5.74, 6) is 0.600. The Kier molecular flexibility index (Phi) is 3.90. The molecule has 1 amide bonds. The highest BCUT2D eigenvalue weighted by Gasteiger charge is 2.39. The van der Waals surface area contributed by atoms with Crippen molar-refractivity contribution in [1.29, 1.82) is 0 Å². The average Bonchev–Trinajstić information content (AvgIpc) is 3.14. The summed E-state index contributed by atoms with van der Waals surface area (Å²) < 4.78 is 12.3. The highest BCUT2D eigenvalue weighted by molar-refractivity contribution is 5.96. The molecule has 2 aromatic rings. The van der Waals surface area contributed by atoms with Crippen molar-refractivity contribution in [1.82, 2.24) is 19.7 Å². The number of nitrogens with zero attached hydrogens (tertiary/aromatic N) is 4. The standard InChI is InChI=1S/C16H20N4O4/c1-10-17-18-13-8-20(14(21)11-5-6-23-9-11)12(7-19(10)13)15(22)24-16(2,3)4/h5-6,9,12H,7-8H2,1-4H3/t12-/m1/s1. The van der Waals surface area contributed by atoms with E-state index < -0.39 is 17.6 Å². The van der Waals surface area contributed by atoms with E-state index in [1.54, 1.807) is 26.8 Å². The number of ether oxygens (including phenoxy) is 1. The van der Waals surface area contributed by atoms with Gasteiger partial charge in [-0.2, -0.15) is 0 Å². The molecule has 3 heterocycles. The molecule has 24 heavy (non-hydrogen) atoms. The zero-order valence-corrected chi connectivity index (χ0v) is 14.1. The molecule has 0 unspecified atom stereocenters. The van der Waals surface area contributed by atoms with Crippen molar-refractivity contribution in [3.8, 4) is 0 Å². The summed E-state index contributed by atoms with van der Waals surface area (Å²) >= 11 is 0. The number of amides is 1. The van der Waals surface area contributed by atoms with Gasteiger partial charge in [-0.15, -0.1) is 10.2 Å². The first-order chi connectivity index (χ1) is 11.3. The van der Waals surface area contributed by atoms with Crippen LogP contribution in [-0.2, 0) is 22.6 Å². The van der Waals surface area contributed by atoms with Crippen LogP contribution in [0, 0.1) is 6.92 Å². The van der Waals surface area contributed by atoms with Gasteiger partial charge in [-0.25, -0.2) is 4.79 Å². The molecule has 0 N–H and O–H groups in total. The van der Waals surface area contributed by atoms with Crippen LogP contribution in [0.25, 0.3) is 0 Å². The number of aryl methyl sites for hydroxylation is 1. The summed E-state index contributed by atoms with van der Waals surface area (Å²) in [6.45, 7) is 7.67. The molecule has 0 saturated heterocycles. The van der Waals surface area contributed by atoms with Crippen molar-refractivity contribution in [2.24, 2.45) is 0 Å². The molecular weight excluding hydrogens is 312 g/mol. The third-order valence-corrected chi connectivity index (χ3v) is 3.76. The molecular formula is C16H20N4O4. The van der Waals surface area contributed by atoms with Crippen molar-refractivity contribution in [3.05, 3.63) is 35.8 Å². The van der Waals surface area contributed by atoms with E-state index >= 15 is 0 Å². The third-order valence-electron chi connectivity index (χ3n) is 3.76. The van der Waals surface area contributed by atoms with Gasteiger partial charge in [-0.3, -0.25) is 4.79 Å². The first-order valence-corrected chi connectivity index (χ1v) is 7.71. The fraction of sp³-hybridized carbons (Fsp3) is 0.500. The molecule has 3 rings (SSSR count). The lowest BCUT2D eigenvalue weighted by Crippen LogP contribution is -2.52. The Balaban J connectivity index is 1.93. The summed E-state index contributed by atoms with van der Waals surface area (Å²) in [4.78, 5) is 26.9. The lowest BCUT2D eigenvalue weighted by atomic mass is 10.1. The van der Waals surface area contributed by atoms with Crippen LogP contribution in [0.4, 0.5) is 0 Å². The molecule has 8 nitrogen and oxygen atoms in total. The number of hydrogen-bond acceptors (Lipinski definition) is 6. The van der Waals surface area contributed by atoms with E-state index in [1.165, 1.54) is 17.4 Å². The maximum atomic E-state index is 12.8. The maximum absolute atomic E-state index is 12.8. The van der Waals surface area contributed by atoms with Crippen LogP contribution in [0.3, 0.4) is 0 Å². The number of rotatable bonds is 2. The topological polar surface area (TPSA) is 90.5 Å². The molecule has 2 aromatic heterocycles. The van der Waals surface area contributed by atoms with Gasteiger partial charge >= 0.3 is 5.97 Å². The number of aromatic nitrogens is 3. The van der Waals surface area contributed by atoms with Gasteiger partial charge in [-0.05, 0) is 33.8 Å². The van der Waals surface area contributed by atoms with Crippen LogP contribution < -0.4 is 0 Å². The minimum atomic E-state index is -0.742. The van der Waals surface area contributed by atoms with E-state index in [9.17, 15) is 9.59 Å². The molecule has 128 valence electrons. The van der Waals surface area contributed by atoms with Gasteiger partial charge in [-0.1, -0.05) is 0 Å². The fourth-order valence-electron chi connectivity index (χ4n) is 2.65. The zero-order chi connectivity index (χ0) is 17.5. The Morgan fingerprint density at radius 2 is 2.08 bits per heavy atom. The highest BCUT2D eigenvalue weighted by Crippen LogP contribution is 2.23. The lowest BCUT2D eigenvalue weighted by Gasteiger charge is -2.35. The van der Waals surface area contributed by atoms with Crippen LogP contribution in [0.5, 0.6) is 0 Å². The van der Waals surface area contributed by atoms with Crippen molar-refractivity contribution >= 4 is 11.9 Å². The Morgan fingerprint density at radius 3 is 2.71 bits per heavy atom. The molecule has 1 aliphatic rings. The van der Waals surface area contributed by atoms with Gasteiger partial charge in [0.1, 0.15) is 23.7 Å². The molecule has 0 aliphatic carbocycles. The molecule has 0 aromatic carbocycles. The summed E-state index contributed by atoms with van der Waals surface area (Å²) in [6.07, 6.45) is 2.78. The predicted octanol–water partition coefficient (Wildman–Crippen LogP) is 1.55. The minimum Gasteiger partial charge on any atom is -0.472 e. The third kappa shape index (κ3) is 3.04. The van der Waals surface area contributed by atoms with Gasteiger partial charge in [0, 0.05) is 0 Å². The molecule has 1 atom stereocenters. The van der Waals surface area contributed by atoms with Crippen LogP contribution in [0.15, 0.2) is 23.0 Å². The number of fused-ring (bicyclic) bond motifs is 1. The molecule has 0 saturated carbocycles. The summed E-state index contributed by atoms with van der Waals surface area (Å²) in [5.41, 5.74) is -0.252. The minimum absolute atomic E-state index is 0.189. The van der Waals surface area contributed by atoms with E-state index in [0.717, 1.165) is 0 Å². The summed E-state index contributed by atoms with van der Waals surface area (Å²) in [5, 5.41) is 8.11. The second-order valence-corrected chi connectivity index (χ2v) is 6.77. The first-order valence-electron chi connectivity index (χ1n) is 7.71. The van der Waals surface area contributed by atoms with Crippen LogP contribution >= 0.6 is 0 Å². The Bertz CT molecular complexity index is 758. The van der Waals surface area contributed by atoms with Crippen molar-refractivity contribution in [2.45, 2.75) is 52.4 Å². The highest BCUT2D eigenvalue weighted by atomic mass is 16.6. The Morgan fingerprint density at radius 1 is 1.33 bits per heavy atom. The monoisotopic (exact) mass is 332 g/mol.